The molecule has 7 heteroatoms. The van der Waals surface area contributed by atoms with Gasteiger partial charge in [0.2, 0.25) is 11.8 Å². The van der Waals surface area contributed by atoms with Crippen LogP contribution in [-0.4, -0.2) is 35.1 Å². The molecule has 1 fully saturated rings. The van der Waals surface area contributed by atoms with E-state index < -0.39 is 0 Å². The number of nitrogens with one attached hydrogen (secondary N) is 1. The molecule has 0 aliphatic heterocycles. The molecule has 0 radical (unpaired) electrons. The molecule has 1 aliphatic rings. The lowest BCUT2D eigenvalue weighted by Gasteiger charge is -2.13. The van der Waals surface area contributed by atoms with Gasteiger partial charge in [0.25, 0.3) is 0 Å². The second kappa shape index (κ2) is 9.26. The van der Waals surface area contributed by atoms with Gasteiger partial charge >= 0.3 is 0 Å². The lowest BCUT2D eigenvalue weighted by molar-refractivity contribution is -0.119. The number of carbonyl (C=O) groups is 1. The molecular formula is C23H27N3O4. The first-order valence-electron chi connectivity index (χ1n) is 10.4. The van der Waals surface area contributed by atoms with Crippen molar-refractivity contribution in [1.29, 1.82) is 0 Å². The maximum Gasteiger partial charge on any atom is 0.246 e. The van der Waals surface area contributed by atoms with Crippen molar-refractivity contribution in [3.05, 3.63) is 42.1 Å². The molecule has 1 N–H and O–H groups in total. The third-order valence-electron chi connectivity index (χ3n) is 4.99. The monoisotopic (exact) mass is 409 g/mol. The van der Waals surface area contributed by atoms with Crippen LogP contribution in [0.3, 0.4) is 0 Å². The van der Waals surface area contributed by atoms with Crippen LogP contribution in [0.1, 0.15) is 38.7 Å². The number of ether oxygens (including phenoxy) is 2. The summed E-state index contributed by atoms with van der Waals surface area (Å²) in [5, 5.41) is 2.77. The Morgan fingerprint density at radius 2 is 2.17 bits per heavy atom. The minimum atomic E-state index is -0.0801. The molecule has 0 unspecified atom stereocenters. The van der Waals surface area contributed by atoms with Crippen molar-refractivity contribution in [2.45, 2.75) is 45.8 Å². The summed E-state index contributed by atoms with van der Waals surface area (Å²) in [6, 6.07) is 9.48. The van der Waals surface area contributed by atoms with E-state index in [4.69, 9.17) is 13.9 Å². The first-order valence-corrected chi connectivity index (χ1v) is 10.4. The highest BCUT2D eigenvalue weighted by Crippen LogP contribution is 2.32. The third kappa shape index (κ3) is 5.57. The average Bonchev–Trinajstić information content (AvgIpc) is 3.46. The van der Waals surface area contributed by atoms with Crippen LogP contribution in [-0.2, 0) is 16.1 Å². The topological polar surface area (TPSA) is 86.5 Å². The number of pyridine rings is 1. The van der Waals surface area contributed by atoms with Crippen molar-refractivity contribution in [2.75, 3.05) is 13.2 Å². The summed E-state index contributed by atoms with van der Waals surface area (Å²) >= 11 is 0. The molecule has 4 rings (SSSR count). The fourth-order valence-electron chi connectivity index (χ4n) is 3.22. The Kier molecular flexibility index (Phi) is 6.28. The smallest absolute Gasteiger partial charge is 0.246 e. The molecule has 0 spiro atoms. The van der Waals surface area contributed by atoms with Crippen LogP contribution in [0.5, 0.6) is 5.75 Å². The zero-order valence-electron chi connectivity index (χ0n) is 17.4. The minimum Gasteiger partial charge on any atom is -0.490 e. The van der Waals surface area contributed by atoms with E-state index in [-0.39, 0.29) is 11.9 Å². The van der Waals surface area contributed by atoms with Gasteiger partial charge in [0, 0.05) is 13.5 Å². The van der Waals surface area contributed by atoms with Gasteiger partial charge in [-0.05, 0) is 49.1 Å². The van der Waals surface area contributed by atoms with Gasteiger partial charge < -0.3 is 19.2 Å². The highest BCUT2D eigenvalue weighted by atomic mass is 16.5. The van der Waals surface area contributed by atoms with E-state index in [0.29, 0.717) is 30.5 Å². The Balaban J connectivity index is 1.35. The maximum absolute atomic E-state index is 11.1. The Labute approximate surface area is 175 Å². The fourth-order valence-corrected chi connectivity index (χ4v) is 3.22. The quantitative estimate of drug-likeness (QED) is 0.507. The summed E-state index contributed by atoms with van der Waals surface area (Å²) in [5.74, 6) is 1.90. The van der Waals surface area contributed by atoms with Crippen LogP contribution in [0.15, 0.2) is 40.9 Å². The zero-order valence-corrected chi connectivity index (χ0v) is 17.4. The number of amides is 1. The average molecular weight is 409 g/mol. The number of hydrogen-bond acceptors (Lipinski definition) is 6. The van der Waals surface area contributed by atoms with Gasteiger partial charge in [-0.3, -0.25) is 4.79 Å². The van der Waals surface area contributed by atoms with E-state index in [1.165, 1.54) is 19.8 Å². The fraction of sp³-hybridized carbons (Fsp3) is 0.435. The first-order chi connectivity index (χ1) is 14.6. The van der Waals surface area contributed by atoms with Gasteiger partial charge in [0.1, 0.15) is 23.6 Å². The van der Waals surface area contributed by atoms with E-state index >= 15 is 0 Å². The van der Waals surface area contributed by atoms with Crippen LogP contribution in [0.4, 0.5) is 0 Å². The number of oxazole rings is 1. The molecule has 3 aromatic rings. The summed E-state index contributed by atoms with van der Waals surface area (Å²) in [7, 11) is 0. The third-order valence-corrected chi connectivity index (χ3v) is 4.99. The maximum atomic E-state index is 11.1. The summed E-state index contributed by atoms with van der Waals surface area (Å²) in [6.07, 6.45) is 5.50. The van der Waals surface area contributed by atoms with E-state index in [0.717, 1.165) is 35.6 Å². The second-order valence-corrected chi connectivity index (χ2v) is 7.90. The van der Waals surface area contributed by atoms with Gasteiger partial charge in [0.05, 0.1) is 18.8 Å². The highest BCUT2D eigenvalue weighted by molar-refractivity contribution is 5.76. The highest BCUT2D eigenvalue weighted by Gasteiger charge is 2.20. The standard InChI is InChI=1S/C23H27N3O4/c1-15(25-16(2)27)13-29-19-6-7-20(24-12-19)23-26-21-11-18(5-8-22(21)30-23)14-28-10-9-17-3-4-17/h5-8,11-12,15,17H,3-4,9-10,13-14H2,1-2H3,(H,25,27)/t15-/m0/s1. The normalized spacial score (nSPS) is 14.6. The van der Waals surface area contributed by atoms with Crippen molar-refractivity contribution >= 4 is 17.0 Å². The lowest BCUT2D eigenvalue weighted by Crippen LogP contribution is -2.35. The SMILES string of the molecule is CC(=O)N[C@@H](C)COc1ccc(-c2nc3cc(COCCC4CC4)ccc3o2)nc1. The van der Waals surface area contributed by atoms with Crippen LogP contribution in [0, 0.1) is 5.92 Å². The summed E-state index contributed by atoms with van der Waals surface area (Å²) in [4.78, 5) is 20.0. The minimum absolute atomic E-state index is 0.0777. The van der Waals surface area contributed by atoms with Crippen molar-refractivity contribution in [3.63, 3.8) is 0 Å². The molecule has 158 valence electrons. The number of nitrogens with zero attached hydrogens (tertiary/aromatic N) is 2. The van der Waals surface area contributed by atoms with Crippen molar-refractivity contribution < 1.29 is 18.7 Å². The first kappa shape index (κ1) is 20.3. The Morgan fingerprint density at radius 1 is 1.30 bits per heavy atom. The van der Waals surface area contributed by atoms with Crippen LogP contribution in [0.2, 0.25) is 0 Å². The predicted molar refractivity (Wildman–Crippen MR) is 113 cm³/mol. The molecule has 2 aromatic heterocycles. The molecule has 2 heterocycles. The van der Waals surface area contributed by atoms with Gasteiger partial charge in [-0.15, -0.1) is 0 Å². The van der Waals surface area contributed by atoms with Crippen LogP contribution < -0.4 is 10.1 Å². The molecule has 1 atom stereocenters. The number of rotatable bonds is 10. The van der Waals surface area contributed by atoms with Gasteiger partial charge in [0.15, 0.2) is 5.58 Å². The molecule has 1 amide bonds. The van der Waals surface area contributed by atoms with E-state index in [1.54, 1.807) is 6.20 Å². The molecule has 7 nitrogen and oxygen atoms in total. The van der Waals surface area contributed by atoms with Crippen LogP contribution >= 0.6 is 0 Å². The molecule has 1 saturated carbocycles. The molecular weight excluding hydrogens is 382 g/mol. The molecule has 30 heavy (non-hydrogen) atoms. The summed E-state index contributed by atoms with van der Waals surface area (Å²) in [6.45, 7) is 5.14. The summed E-state index contributed by atoms with van der Waals surface area (Å²) in [5.41, 5.74) is 3.23. The molecule has 0 bridgehead atoms. The number of benzene rings is 1. The molecule has 0 saturated heterocycles. The Bertz CT molecular complexity index is 995. The number of carbonyl (C=O) groups excluding carboxylic acids is 1. The van der Waals surface area contributed by atoms with Gasteiger partial charge in [-0.25, -0.2) is 9.97 Å². The largest absolute Gasteiger partial charge is 0.490 e. The van der Waals surface area contributed by atoms with Gasteiger partial charge in [-0.1, -0.05) is 18.9 Å². The predicted octanol–water partition coefficient (Wildman–Crippen LogP) is 4.11. The van der Waals surface area contributed by atoms with E-state index in [1.807, 2.05) is 37.3 Å². The number of hydrogen-bond donors (Lipinski definition) is 1. The van der Waals surface area contributed by atoms with Crippen molar-refractivity contribution in [3.8, 4) is 17.3 Å². The lowest BCUT2D eigenvalue weighted by atomic mass is 10.2. The Hall–Kier alpha value is -2.93. The van der Waals surface area contributed by atoms with E-state index in [9.17, 15) is 4.79 Å². The van der Waals surface area contributed by atoms with Crippen molar-refractivity contribution in [2.24, 2.45) is 5.92 Å². The summed E-state index contributed by atoms with van der Waals surface area (Å²) < 4.78 is 17.3. The van der Waals surface area contributed by atoms with Crippen molar-refractivity contribution in [1.82, 2.24) is 15.3 Å². The Morgan fingerprint density at radius 3 is 2.90 bits per heavy atom. The number of aromatic nitrogens is 2. The second-order valence-electron chi connectivity index (χ2n) is 7.90. The molecule has 1 aliphatic carbocycles. The zero-order chi connectivity index (χ0) is 20.9. The number of fused-ring (bicyclic) bond motifs is 1. The van der Waals surface area contributed by atoms with E-state index in [2.05, 4.69) is 15.3 Å². The van der Waals surface area contributed by atoms with Gasteiger partial charge in [-0.2, -0.15) is 0 Å². The van der Waals surface area contributed by atoms with Crippen LogP contribution in [0.25, 0.3) is 22.7 Å². The molecule has 1 aromatic carbocycles.